The predicted molar refractivity (Wildman–Crippen MR) is 89.8 cm³/mol. The van der Waals surface area contributed by atoms with Gasteiger partial charge in [0.05, 0.1) is 58.6 Å². The lowest BCUT2D eigenvalue weighted by Gasteiger charge is -2.08. The van der Waals surface area contributed by atoms with E-state index in [1.807, 2.05) is 0 Å². The van der Waals surface area contributed by atoms with E-state index >= 15 is 0 Å². The minimum Gasteiger partial charge on any atom is -0.496 e. The predicted octanol–water partition coefficient (Wildman–Crippen LogP) is 1.72. The molecule has 0 N–H and O–H groups in total. The molecule has 0 fully saturated rings. The van der Waals surface area contributed by atoms with Crippen molar-refractivity contribution in [1.82, 2.24) is 0 Å². The Kier molecular flexibility index (Phi) is 15.5. The Morgan fingerprint density at radius 2 is 0.958 bits per heavy atom. The zero-order chi connectivity index (χ0) is 18.0. The van der Waals surface area contributed by atoms with Gasteiger partial charge in [0.25, 0.3) is 0 Å². The van der Waals surface area contributed by atoms with E-state index in [1.54, 1.807) is 13.8 Å². The lowest BCUT2D eigenvalue weighted by Crippen LogP contribution is -2.15. The number of ether oxygens (including phenoxy) is 6. The van der Waals surface area contributed by atoms with Crippen molar-refractivity contribution in [2.45, 2.75) is 13.8 Å². The molecule has 0 aliphatic carbocycles. The zero-order valence-corrected chi connectivity index (χ0v) is 14.8. The molecule has 0 saturated carbocycles. The number of rotatable bonds is 17. The van der Waals surface area contributed by atoms with Gasteiger partial charge in [-0.05, 0) is 13.8 Å². The van der Waals surface area contributed by atoms with Crippen LogP contribution in [0.4, 0.5) is 0 Å². The molecule has 0 unspecified atom stereocenters. The van der Waals surface area contributed by atoms with E-state index in [2.05, 4.69) is 13.2 Å². The summed E-state index contributed by atoms with van der Waals surface area (Å²) in [5.41, 5.74) is 0.379. The average Bonchev–Trinajstić information content (AvgIpc) is 2.53. The van der Waals surface area contributed by atoms with Crippen LogP contribution in [0, 0.1) is 0 Å². The number of carbonyl (C=O) groups excluding carboxylic acids is 1. The fraction of sp³-hybridized carbons (Fsp3) is 0.706. The Morgan fingerprint density at radius 3 is 1.29 bits per heavy atom. The van der Waals surface area contributed by atoms with Crippen LogP contribution in [0.3, 0.4) is 0 Å². The molecule has 24 heavy (non-hydrogen) atoms. The normalized spacial score (nSPS) is 10.4. The van der Waals surface area contributed by atoms with Crippen LogP contribution in [-0.4, -0.2) is 72.0 Å². The van der Waals surface area contributed by atoms with E-state index < -0.39 is 5.97 Å². The highest BCUT2D eigenvalue weighted by atomic mass is 16.6. The fourth-order valence-electron chi connectivity index (χ4n) is 1.35. The average molecular weight is 346 g/mol. The molecule has 0 rings (SSSR count). The van der Waals surface area contributed by atoms with Crippen molar-refractivity contribution < 1.29 is 33.2 Å². The Balaban J connectivity index is 3.09. The second kappa shape index (κ2) is 16.4. The van der Waals surface area contributed by atoms with Crippen LogP contribution >= 0.6 is 0 Å². The molecule has 0 amide bonds. The van der Waals surface area contributed by atoms with E-state index in [1.165, 1.54) is 0 Å². The molecule has 0 spiro atoms. The second-order valence-electron chi connectivity index (χ2n) is 4.92. The molecule has 0 saturated heterocycles. The molecular formula is C17H30O7. The second-order valence-corrected chi connectivity index (χ2v) is 4.92. The summed E-state index contributed by atoms with van der Waals surface area (Å²) >= 11 is 0. The summed E-state index contributed by atoms with van der Waals surface area (Å²) in [5.74, 6) is 0.281. The van der Waals surface area contributed by atoms with Gasteiger partial charge in [0, 0.05) is 5.57 Å². The Hall–Kier alpha value is -1.41. The molecule has 0 atom stereocenters. The molecule has 0 aliphatic heterocycles. The van der Waals surface area contributed by atoms with E-state index in [9.17, 15) is 4.79 Å². The van der Waals surface area contributed by atoms with Crippen molar-refractivity contribution in [3.8, 4) is 0 Å². The van der Waals surface area contributed by atoms with Crippen molar-refractivity contribution in [3.05, 3.63) is 24.5 Å². The molecule has 0 radical (unpaired) electrons. The number of esters is 1. The zero-order valence-electron chi connectivity index (χ0n) is 14.8. The molecule has 0 aromatic heterocycles. The SMILES string of the molecule is C=C(C)OCCOCCOCCOCCOCCOC(=O)C(=C)C. The standard InChI is InChI=1S/C17H30O7/c1-15(2)17(18)24-14-12-22-10-8-20-6-5-19-7-9-21-11-13-23-16(3)4/h1,3,5-14H2,2,4H3. The number of allylic oxidation sites excluding steroid dienone is 1. The Morgan fingerprint density at radius 1 is 0.625 bits per heavy atom. The smallest absolute Gasteiger partial charge is 0.333 e. The highest BCUT2D eigenvalue weighted by Crippen LogP contribution is 1.92. The van der Waals surface area contributed by atoms with E-state index in [0.717, 1.165) is 0 Å². The van der Waals surface area contributed by atoms with Crippen molar-refractivity contribution in [1.29, 1.82) is 0 Å². The number of carbonyl (C=O) groups is 1. The van der Waals surface area contributed by atoms with Gasteiger partial charge in [-0.2, -0.15) is 0 Å². The van der Waals surface area contributed by atoms with E-state index in [-0.39, 0.29) is 6.61 Å². The van der Waals surface area contributed by atoms with Gasteiger partial charge < -0.3 is 28.4 Å². The van der Waals surface area contributed by atoms with Crippen molar-refractivity contribution in [2.75, 3.05) is 66.1 Å². The Bertz CT molecular complexity index is 355. The fourth-order valence-corrected chi connectivity index (χ4v) is 1.35. The maximum atomic E-state index is 11.1. The summed E-state index contributed by atoms with van der Waals surface area (Å²) < 4.78 is 31.3. The summed E-state index contributed by atoms with van der Waals surface area (Å²) in [5, 5.41) is 0. The first-order chi connectivity index (χ1) is 11.5. The van der Waals surface area contributed by atoms with Crippen LogP contribution in [-0.2, 0) is 33.2 Å². The van der Waals surface area contributed by atoms with E-state index in [0.29, 0.717) is 70.8 Å². The number of hydrogen-bond acceptors (Lipinski definition) is 7. The molecule has 0 aromatic rings. The topological polar surface area (TPSA) is 72.5 Å². The third kappa shape index (κ3) is 17.0. The van der Waals surface area contributed by atoms with Crippen LogP contribution in [0.25, 0.3) is 0 Å². The van der Waals surface area contributed by atoms with Crippen LogP contribution in [0.1, 0.15) is 13.8 Å². The highest BCUT2D eigenvalue weighted by molar-refractivity contribution is 5.86. The van der Waals surface area contributed by atoms with Gasteiger partial charge in [-0.3, -0.25) is 0 Å². The summed E-state index contributed by atoms with van der Waals surface area (Å²) in [7, 11) is 0. The van der Waals surface area contributed by atoms with Crippen LogP contribution in [0.5, 0.6) is 0 Å². The minimum atomic E-state index is -0.403. The van der Waals surface area contributed by atoms with Gasteiger partial charge in [0.2, 0.25) is 0 Å². The summed E-state index contributed by atoms with van der Waals surface area (Å²) in [6.45, 7) is 15.0. The third-order valence-corrected chi connectivity index (χ3v) is 2.50. The molecule has 0 aliphatic rings. The van der Waals surface area contributed by atoms with Gasteiger partial charge in [-0.25, -0.2) is 4.79 Å². The Labute approximate surface area is 144 Å². The first-order valence-corrected chi connectivity index (χ1v) is 7.96. The van der Waals surface area contributed by atoms with Crippen molar-refractivity contribution in [3.63, 3.8) is 0 Å². The first kappa shape index (κ1) is 22.6. The van der Waals surface area contributed by atoms with E-state index in [4.69, 9.17) is 28.4 Å². The largest absolute Gasteiger partial charge is 0.496 e. The van der Waals surface area contributed by atoms with Gasteiger partial charge in [-0.15, -0.1) is 0 Å². The molecule has 0 aromatic carbocycles. The minimum absolute atomic E-state index is 0.214. The maximum Gasteiger partial charge on any atom is 0.333 e. The van der Waals surface area contributed by atoms with Crippen LogP contribution < -0.4 is 0 Å². The maximum absolute atomic E-state index is 11.1. The quantitative estimate of drug-likeness (QED) is 0.172. The molecule has 7 nitrogen and oxygen atoms in total. The number of hydrogen-bond donors (Lipinski definition) is 0. The lowest BCUT2D eigenvalue weighted by molar-refractivity contribution is -0.140. The molecular weight excluding hydrogens is 316 g/mol. The first-order valence-electron chi connectivity index (χ1n) is 7.96. The lowest BCUT2D eigenvalue weighted by atomic mass is 10.4. The van der Waals surface area contributed by atoms with Gasteiger partial charge in [-0.1, -0.05) is 13.2 Å². The summed E-state index contributed by atoms with van der Waals surface area (Å²) in [6, 6.07) is 0. The monoisotopic (exact) mass is 346 g/mol. The van der Waals surface area contributed by atoms with Gasteiger partial charge >= 0.3 is 5.97 Å². The van der Waals surface area contributed by atoms with Crippen molar-refractivity contribution >= 4 is 5.97 Å². The molecule has 140 valence electrons. The van der Waals surface area contributed by atoms with Gasteiger partial charge in [0.15, 0.2) is 0 Å². The molecule has 0 heterocycles. The van der Waals surface area contributed by atoms with Crippen LogP contribution in [0.15, 0.2) is 24.5 Å². The third-order valence-electron chi connectivity index (χ3n) is 2.50. The summed E-state index contributed by atoms with van der Waals surface area (Å²) in [4.78, 5) is 11.1. The van der Waals surface area contributed by atoms with Crippen LogP contribution in [0.2, 0.25) is 0 Å². The highest BCUT2D eigenvalue weighted by Gasteiger charge is 2.01. The summed E-state index contributed by atoms with van der Waals surface area (Å²) in [6.07, 6.45) is 0. The van der Waals surface area contributed by atoms with Crippen molar-refractivity contribution in [2.24, 2.45) is 0 Å². The molecule has 0 bridgehead atoms. The van der Waals surface area contributed by atoms with Gasteiger partial charge in [0.1, 0.15) is 13.2 Å². The molecule has 7 heteroatoms.